The molecule has 1 aromatic carbocycles. The molecule has 0 aromatic heterocycles. The molecule has 0 bridgehead atoms. The summed E-state index contributed by atoms with van der Waals surface area (Å²) in [7, 11) is 0. The predicted octanol–water partition coefficient (Wildman–Crippen LogP) is 4.56. The van der Waals surface area contributed by atoms with Crippen molar-refractivity contribution in [3.63, 3.8) is 0 Å². The van der Waals surface area contributed by atoms with E-state index >= 15 is 0 Å². The van der Waals surface area contributed by atoms with E-state index in [0.29, 0.717) is 4.83 Å². The maximum Gasteiger partial charge on any atom is 0.125 e. The highest BCUT2D eigenvalue weighted by molar-refractivity contribution is 9.12. The number of benzene rings is 1. The molecule has 0 spiro atoms. The van der Waals surface area contributed by atoms with Crippen molar-refractivity contribution < 1.29 is 4.74 Å². The van der Waals surface area contributed by atoms with Crippen molar-refractivity contribution in [3.05, 3.63) is 34.4 Å². The summed E-state index contributed by atoms with van der Waals surface area (Å²) < 4.78 is 5.93. The molecule has 1 aliphatic rings. The first kappa shape index (κ1) is 12.6. The summed E-state index contributed by atoms with van der Waals surface area (Å²) in [5.74, 6) is 0. The van der Waals surface area contributed by atoms with E-state index in [2.05, 4.69) is 64.8 Å². The molecule has 1 nitrogen and oxygen atoms in total. The molecule has 0 N–H and O–H groups in total. The second-order valence-electron chi connectivity index (χ2n) is 4.54. The molecule has 0 unspecified atom stereocenters. The Morgan fingerprint density at radius 2 is 1.69 bits per heavy atom. The molecule has 0 aliphatic carbocycles. The Kier molecular flexibility index (Phi) is 3.77. The number of hydrogen-bond acceptors (Lipinski definition) is 1. The Hall–Kier alpha value is 0.140. The molecule has 1 saturated heterocycles. The van der Waals surface area contributed by atoms with Crippen molar-refractivity contribution in [3.8, 4) is 0 Å². The summed E-state index contributed by atoms with van der Waals surface area (Å²) in [6, 6.07) is 4.47. The first-order valence-electron chi connectivity index (χ1n) is 5.50. The molecule has 88 valence electrons. The molecule has 0 amide bonds. The molecule has 0 radical (unpaired) electrons. The van der Waals surface area contributed by atoms with Crippen LogP contribution < -0.4 is 0 Å². The Bertz CT molecular complexity index is 370. The van der Waals surface area contributed by atoms with Crippen LogP contribution >= 0.6 is 31.9 Å². The van der Waals surface area contributed by atoms with Crippen molar-refractivity contribution in [2.45, 2.75) is 43.1 Å². The molecule has 3 heteroatoms. The van der Waals surface area contributed by atoms with Crippen LogP contribution in [-0.4, -0.2) is 9.84 Å². The van der Waals surface area contributed by atoms with Crippen LogP contribution in [0, 0.1) is 20.8 Å². The van der Waals surface area contributed by atoms with Crippen LogP contribution in [0.25, 0.3) is 0 Å². The Morgan fingerprint density at radius 1 is 1.12 bits per heavy atom. The molecule has 1 heterocycles. The zero-order chi connectivity index (χ0) is 11.9. The third kappa shape index (κ3) is 2.36. The summed E-state index contributed by atoms with van der Waals surface area (Å²) in [4.78, 5) is 0.401. The van der Waals surface area contributed by atoms with Crippen LogP contribution in [0.2, 0.25) is 0 Å². The summed E-state index contributed by atoms with van der Waals surface area (Å²) in [5, 5.41) is 0.123. The minimum atomic E-state index is 0.123. The minimum absolute atomic E-state index is 0.123. The first-order valence-corrected chi connectivity index (χ1v) is 7.33. The van der Waals surface area contributed by atoms with E-state index in [1.54, 1.807) is 0 Å². The van der Waals surface area contributed by atoms with Gasteiger partial charge in [0.05, 0.1) is 10.9 Å². The Balaban J connectivity index is 2.35. The quantitative estimate of drug-likeness (QED) is 0.677. The van der Waals surface area contributed by atoms with E-state index in [4.69, 9.17) is 4.74 Å². The SMILES string of the molecule is Cc1cc(C)c([C@H]2C[C@H](Br)[C@@H](Br)O2)c(C)c1. The average Bonchev–Trinajstić information content (AvgIpc) is 2.44. The van der Waals surface area contributed by atoms with Crippen molar-refractivity contribution in [1.29, 1.82) is 0 Å². The zero-order valence-corrected chi connectivity index (χ0v) is 12.9. The number of ether oxygens (including phenoxy) is 1. The van der Waals surface area contributed by atoms with E-state index in [-0.39, 0.29) is 11.1 Å². The molecule has 16 heavy (non-hydrogen) atoms. The van der Waals surface area contributed by atoms with Crippen LogP contribution in [0.15, 0.2) is 12.1 Å². The van der Waals surface area contributed by atoms with E-state index < -0.39 is 0 Å². The zero-order valence-electron chi connectivity index (χ0n) is 9.76. The normalized spacial score (nSPS) is 29.7. The molecule has 2 rings (SSSR count). The standard InChI is InChI=1S/C13H16Br2O/c1-7-4-8(2)12(9(3)5-7)11-6-10(14)13(15)16-11/h4-5,10-11,13H,6H2,1-3H3/t10-,11+,13-/m0/s1. The van der Waals surface area contributed by atoms with Crippen molar-refractivity contribution in [2.75, 3.05) is 0 Å². The van der Waals surface area contributed by atoms with Gasteiger partial charge in [0.25, 0.3) is 0 Å². The van der Waals surface area contributed by atoms with E-state index in [0.717, 1.165) is 6.42 Å². The lowest BCUT2D eigenvalue weighted by atomic mass is 9.94. The number of alkyl halides is 2. The van der Waals surface area contributed by atoms with Gasteiger partial charge in [-0.3, -0.25) is 0 Å². The monoisotopic (exact) mass is 346 g/mol. The van der Waals surface area contributed by atoms with Crippen LogP contribution in [0.4, 0.5) is 0 Å². The molecule has 1 fully saturated rings. The molecule has 0 saturated carbocycles. The van der Waals surface area contributed by atoms with Gasteiger partial charge in [-0.1, -0.05) is 49.6 Å². The summed E-state index contributed by atoms with van der Waals surface area (Å²) in [6.45, 7) is 6.48. The topological polar surface area (TPSA) is 9.23 Å². The van der Waals surface area contributed by atoms with Gasteiger partial charge in [0.1, 0.15) is 5.01 Å². The van der Waals surface area contributed by atoms with Crippen LogP contribution in [0.3, 0.4) is 0 Å². The fourth-order valence-corrected chi connectivity index (χ4v) is 3.43. The van der Waals surface area contributed by atoms with Crippen molar-refractivity contribution >= 4 is 31.9 Å². The van der Waals surface area contributed by atoms with Gasteiger partial charge in [0, 0.05) is 0 Å². The number of aryl methyl sites for hydroxylation is 3. The second-order valence-corrected chi connectivity index (χ2v) is 6.62. The fraction of sp³-hybridized carbons (Fsp3) is 0.538. The van der Waals surface area contributed by atoms with Crippen LogP contribution in [0.1, 0.15) is 34.8 Å². The highest BCUT2D eigenvalue weighted by Gasteiger charge is 2.33. The minimum Gasteiger partial charge on any atom is -0.358 e. The molecular weight excluding hydrogens is 332 g/mol. The number of hydrogen-bond donors (Lipinski definition) is 0. The first-order chi connectivity index (χ1) is 7.49. The number of halogens is 2. The van der Waals surface area contributed by atoms with Crippen LogP contribution in [-0.2, 0) is 4.74 Å². The third-order valence-electron chi connectivity index (χ3n) is 3.08. The maximum absolute atomic E-state index is 5.93. The number of rotatable bonds is 1. The van der Waals surface area contributed by atoms with Crippen LogP contribution in [0.5, 0.6) is 0 Å². The van der Waals surface area contributed by atoms with E-state index in [1.807, 2.05) is 0 Å². The molecular formula is C13H16Br2O. The van der Waals surface area contributed by atoms with Gasteiger partial charge >= 0.3 is 0 Å². The van der Waals surface area contributed by atoms with E-state index in [1.165, 1.54) is 22.3 Å². The smallest absolute Gasteiger partial charge is 0.125 e. The van der Waals surface area contributed by atoms with Gasteiger partial charge in [-0.15, -0.1) is 0 Å². The highest BCUT2D eigenvalue weighted by atomic mass is 79.9. The largest absolute Gasteiger partial charge is 0.358 e. The summed E-state index contributed by atoms with van der Waals surface area (Å²) >= 11 is 7.17. The lowest BCUT2D eigenvalue weighted by Gasteiger charge is -2.17. The Morgan fingerprint density at radius 3 is 2.12 bits per heavy atom. The van der Waals surface area contributed by atoms with Gasteiger partial charge < -0.3 is 4.74 Å². The average molecular weight is 348 g/mol. The van der Waals surface area contributed by atoms with Gasteiger partial charge in [0.2, 0.25) is 0 Å². The molecule has 1 aromatic rings. The third-order valence-corrected chi connectivity index (χ3v) is 5.50. The molecule has 3 atom stereocenters. The summed E-state index contributed by atoms with van der Waals surface area (Å²) in [6.07, 6.45) is 1.25. The van der Waals surface area contributed by atoms with Crippen molar-refractivity contribution in [1.82, 2.24) is 0 Å². The Labute approximate surface area is 114 Å². The fourth-order valence-electron chi connectivity index (χ4n) is 2.49. The van der Waals surface area contributed by atoms with Gasteiger partial charge in [0.15, 0.2) is 0 Å². The van der Waals surface area contributed by atoms with Gasteiger partial charge in [-0.2, -0.15) is 0 Å². The molecule has 1 aliphatic heterocycles. The lowest BCUT2D eigenvalue weighted by molar-refractivity contribution is 0.0961. The van der Waals surface area contributed by atoms with Crippen molar-refractivity contribution in [2.24, 2.45) is 0 Å². The van der Waals surface area contributed by atoms with Gasteiger partial charge in [-0.25, -0.2) is 0 Å². The van der Waals surface area contributed by atoms with Gasteiger partial charge in [-0.05, 0) is 43.9 Å². The maximum atomic E-state index is 5.93. The van der Waals surface area contributed by atoms with E-state index in [9.17, 15) is 0 Å². The predicted molar refractivity (Wildman–Crippen MR) is 74.5 cm³/mol. The second kappa shape index (κ2) is 4.79. The lowest BCUT2D eigenvalue weighted by Crippen LogP contribution is -2.05. The highest BCUT2D eigenvalue weighted by Crippen LogP contribution is 2.41. The summed E-state index contributed by atoms with van der Waals surface area (Å²) in [5.41, 5.74) is 5.35.